The lowest BCUT2D eigenvalue weighted by molar-refractivity contribution is -0.138. The molecule has 2 aromatic heterocycles. The fourth-order valence-electron chi connectivity index (χ4n) is 3.31. The molecule has 3 heterocycles. The number of carboxylic acids is 1. The van der Waals surface area contributed by atoms with E-state index >= 15 is 0 Å². The number of fused-ring (bicyclic) bond motifs is 1. The van der Waals surface area contributed by atoms with Crippen LogP contribution >= 0.6 is 0 Å². The van der Waals surface area contributed by atoms with E-state index in [2.05, 4.69) is 19.9 Å². The summed E-state index contributed by atoms with van der Waals surface area (Å²) in [5.74, 6) is 0.308. The summed E-state index contributed by atoms with van der Waals surface area (Å²) in [6, 6.07) is 0.641. The summed E-state index contributed by atoms with van der Waals surface area (Å²) >= 11 is 0. The second-order valence-electron chi connectivity index (χ2n) is 6.70. The van der Waals surface area contributed by atoms with Gasteiger partial charge in [-0.25, -0.2) is 9.78 Å². The summed E-state index contributed by atoms with van der Waals surface area (Å²) in [5, 5.41) is 11.3. The Hall–Kier alpha value is -2.68. The first-order valence-corrected chi connectivity index (χ1v) is 8.73. The number of carbonyl (C=O) groups is 2. The third kappa shape index (κ3) is 3.93. The van der Waals surface area contributed by atoms with Gasteiger partial charge < -0.3 is 25.6 Å². The Morgan fingerprint density at radius 1 is 1.42 bits per heavy atom. The van der Waals surface area contributed by atoms with Gasteiger partial charge in [-0.15, -0.1) is 0 Å². The normalized spacial score (nSPS) is 16.6. The number of likely N-dealkylation sites (tertiary alicyclic amines) is 1. The van der Waals surface area contributed by atoms with Crippen LogP contribution in [-0.2, 0) is 11.3 Å². The number of piperidine rings is 1. The molecule has 0 spiro atoms. The fourth-order valence-corrected chi connectivity index (χ4v) is 3.31. The summed E-state index contributed by atoms with van der Waals surface area (Å²) in [6.07, 6.45) is 5.33. The first-order valence-electron chi connectivity index (χ1n) is 8.73. The molecule has 0 aliphatic carbocycles. The largest absolute Gasteiger partial charge is 0.480 e. The standard InChI is InChI=1S/C17H24N6O3/c1-11-21-14-9-19-5-2-15(14)23(11)10-12-3-6-22(7-4-12)17(26)20-8-13(18)16(24)25/h2,5,9,12-13H,3-4,6-8,10,18H2,1H3,(H,20,26)(H,24,25). The molecule has 0 bridgehead atoms. The Bertz CT molecular complexity index is 797. The van der Waals surface area contributed by atoms with Gasteiger partial charge in [0.15, 0.2) is 0 Å². The van der Waals surface area contributed by atoms with Crippen LogP contribution in [0, 0.1) is 12.8 Å². The highest BCUT2D eigenvalue weighted by Crippen LogP contribution is 2.23. The number of imidazole rings is 1. The van der Waals surface area contributed by atoms with Crippen LogP contribution in [0.5, 0.6) is 0 Å². The molecule has 0 saturated carbocycles. The minimum absolute atomic E-state index is 0.0671. The van der Waals surface area contributed by atoms with Gasteiger partial charge in [0, 0.05) is 32.4 Å². The molecule has 1 atom stereocenters. The summed E-state index contributed by atoms with van der Waals surface area (Å²) in [5.41, 5.74) is 7.39. The van der Waals surface area contributed by atoms with E-state index < -0.39 is 12.0 Å². The first kappa shape index (κ1) is 18.1. The van der Waals surface area contributed by atoms with Crippen LogP contribution in [-0.4, -0.2) is 62.2 Å². The van der Waals surface area contributed by atoms with Crippen LogP contribution < -0.4 is 11.1 Å². The van der Waals surface area contributed by atoms with Crippen molar-refractivity contribution < 1.29 is 14.7 Å². The van der Waals surface area contributed by atoms with Crippen LogP contribution in [0.2, 0.25) is 0 Å². The number of rotatable bonds is 5. The number of pyridine rings is 1. The third-order valence-electron chi connectivity index (χ3n) is 4.87. The number of nitrogens with two attached hydrogens (primary N) is 1. The average molecular weight is 360 g/mol. The molecular weight excluding hydrogens is 336 g/mol. The first-order chi connectivity index (χ1) is 12.5. The lowest BCUT2D eigenvalue weighted by atomic mass is 9.97. The van der Waals surface area contributed by atoms with Crippen LogP contribution in [0.15, 0.2) is 18.5 Å². The van der Waals surface area contributed by atoms with E-state index in [0.29, 0.717) is 19.0 Å². The minimum atomic E-state index is -1.12. The van der Waals surface area contributed by atoms with Crippen molar-refractivity contribution >= 4 is 23.0 Å². The number of carbonyl (C=O) groups excluding carboxylic acids is 1. The van der Waals surface area contributed by atoms with Gasteiger partial charge in [-0.3, -0.25) is 9.78 Å². The molecule has 1 aliphatic heterocycles. The van der Waals surface area contributed by atoms with Gasteiger partial charge in [-0.05, 0) is 31.7 Å². The van der Waals surface area contributed by atoms with Crippen molar-refractivity contribution in [3.8, 4) is 0 Å². The molecule has 9 heteroatoms. The lowest BCUT2D eigenvalue weighted by Gasteiger charge is -2.32. The number of aliphatic carboxylic acids is 1. The van der Waals surface area contributed by atoms with E-state index in [1.54, 1.807) is 17.3 Å². The van der Waals surface area contributed by atoms with Gasteiger partial charge in [0.2, 0.25) is 0 Å². The van der Waals surface area contributed by atoms with Gasteiger partial charge in [-0.2, -0.15) is 0 Å². The van der Waals surface area contributed by atoms with Crippen LogP contribution in [0.25, 0.3) is 11.0 Å². The van der Waals surface area contributed by atoms with E-state index in [1.807, 2.05) is 13.0 Å². The maximum atomic E-state index is 12.1. The number of aryl methyl sites for hydroxylation is 1. The second-order valence-corrected chi connectivity index (χ2v) is 6.70. The van der Waals surface area contributed by atoms with Gasteiger partial charge in [0.1, 0.15) is 17.4 Å². The minimum Gasteiger partial charge on any atom is -0.480 e. The molecule has 0 aromatic carbocycles. The SMILES string of the molecule is Cc1nc2cnccc2n1CC1CCN(C(=O)NCC(N)C(=O)O)CC1. The van der Waals surface area contributed by atoms with Gasteiger partial charge in [0.25, 0.3) is 0 Å². The summed E-state index contributed by atoms with van der Waals surface area (Å²) in [6.45, 7) is 4.08. The van der Waals surface area contributed by atoms with Crippen molar-refractivity contribution in [3.05, 3.63) is 24.3 Å². The molecule has 2 amide bonds. The number of aromatic nitrogens is 3. The van der Waals surface area contributed by atoms with Crippen molar-refractivity contribution in [2.45, 2.75) is 32.4 Å². The maximum absolute atomic E-state index is 12.1. The molecule has 3 rings (SSSR count). The highest BCUT2D eigenvalue weighted by Gasteiger charge is 2.24. The number of nitrogens with one attached hydrogen (secondary N) is 1. The Labute approximate surface area is 151 Å². The van der Waals surface area contributed by atoms with E-state index in [1.165, 1.54) is 0 Å². The molecule has 140 valence electrons. The van der Waals surface area contributed by atoms with E-state index in [-0.39, 0.29) is 12.6 Å². The summed E-state index contributed by atoms with van der Waals surface area (Å²) < 4.78 is 2.21. The fraction of sp³-hybridized carbons (Fsp3) is 0.529. The Morgan fingerprint density at radius 2 is 2.15 bits per heavy atom. The Kier molecular flexibility index (Phi) is 5.36. The maximum Gasteiger partial charge on any atom is 0.322 e. The highest BCUT2D eigenvalue weighted by atomic mass is 16.4. The summed E-state index contributed by atoms with van der Waals surface area (Å²) in [7, 11) is 0. The predicted octanol–water partition coefficient (Wildman–Crippen LogP) is 0.573. The smallest absolute Gasteiger partial charge is 0.322 e. The van der Waals surface area contributed by atoms with E-state index in [0.717, 1.165) is 36.2 Å². The van der Waals surface area contributed by atoms with Crippen molar-refractivity contribution in [2.24, 2.45) is 11.7 Å². The number of carboxylic acid groups (broad SMARTS) is 1. The molecule has 2 aromatic rings. The molecular formula is C17H24N6O3. The molecule has 4 N–H and O–H groups in total. The zero-order valence-electron chi connectivity index (χ0n) is 14.8. The van der Waals surface area contributed by atoms with Gasteiger partial charge in [-0.1, -0.05) is 0 Å². The second kappa shape index (κ2) is 7.69. The molecule has 1 fully saturated rings. The predicted molar refractivity (Wildman–Crippen MR) is 95.6 cm³/mol. The number of amides is 2. The topological polar surface area (TPSA) is 126 Å². The zero-order valence-corrected chi connectivity index (χ0v) is 14.8. The number of hydrogen-bond donors (Lipinski definition) is 3. The molecule has 26 heavy (non-hydrogen) atoms. The third-order valence-corrected chi connectivity index (χ3v) is 4.87. The monoisotopic (exact) mass is 360 g/mol. The molecule has 1 unspecified atom stereocenters. The van der Waals surface area contributed by atoms with Gasteiger partial charge in [0.05, 0.1) is 11.7 Å². The average Bonchev–Trinajstić information content (AvgIpc) is 2.95. The van der Waals surface area contributed by atoms with Crippen LogP contribution in [0.4, 0.5) is 4.79 Å². The van der Waals surface area contributed by atoms with Crippen LogP contribution in [0.3, 0.4) is 0 Å². The van der Waals surface area contributed by atoms with E-state index in [4.69, 9.17) is 10.8 Å². The van der Waals surface area contributed by atoms with Crippen molar-refractivity contribution in [1.29, 1.82) is 0 Å². The Morgan fingerprint density at radius 3 is 2.85 bits per heavy atom. The van der Waals surface area contributed by atoms with Crippen molar-refractivity contribution in [3.63, 3.8) is 0 Å². The summed E-state index contributed by atoms with van der Waals surface area (Å²) in [4.78, 5) is 33.2. The molecule has 9 nitrogen and oxygen atoms in total. The highest BCUT2D eigenvalue weighted by molar-refractivity contribution is 5.77. The molecule has 1 saturated heterocycles. The molecule has 1 aliphatic rings. The Balaban J connectivity index is 1.53. The number of nitrogens with zero attached hydrogens (tertiary/aromatic N) is 4. The van der Waals surface area contributed by atoms with Gasteiger partial charge >= 0.3 is 12.0 Å². The zero-order chi connectivity index (χ0) is 18.7. The van der Waals surface area contributed by atoms with Crippen molar-refractivity contribution in [2.75, 3.05) is 19.6 Å². The lowest BCUT2D eigenvalue weighted by Crippen LogP contribution is -2.49. The van der Waals surface area contributed by atoms with Crippen LogP contribution in [0.1, 0.15) is 18.7 Å². The number of urea groups is 1. The van der Waals surface area contributed by atoms with E-state index in [9.17, 15) is 9.59 Å². The quantitative estimate of drug-likeness (QED) is 0.716. The number of hydrogen-bond acceptors (Lipinski definition) is 5. The van der Waals surface area contributed by atoms with Crippen molar-refractivity contribution in [1.82, 2.24) is 24.8 Å². The molecule has 0 radical (unpaired) electrons.